The number of hydrogen-bond donors (Lipinski definition) is 1. The van der Waals surface area contributed by atoms with Gasteiger partial charge in [0, 0.05) is 9.90 Å². The number of benzene rings is 2. The average molecular weight is 455 g/mol. The molecule has 0 fully saturated rings. The summed E-state index contributed by atoms with van der Waals surface area (Å²) in [6.07, 6.45) is 0. The summed E-state index contributed by atoms with van der Waals surface area (Å²) in [4.78, 5) is 18.1. The Labute approximate surface area is 187 Å². The number of thiophene rings is 1. The molecule has 5 nitrogen and oxygen atoms in total. The van der Waals surface area contributed by atoms with E-state index in [2.05, 4.69) is 15.1 Å². The summed E-state index contributed by atoms with van der Waals surface area (Å²) in [6, 6.07) is 19.7. The van der Waals surface area contributed by atoms with Gasteiger partial charge in [-0.2, -0.15) is 5.10 Å². The maximum Gasteiger partial charge on any atom is 0.250 e. The molecule has 0 radical (unpaired) electrons. The van der Waals surface area contributed by atoms with E-state index in [-0.39, 0.29) is 11.7 Å². The van der Waals surface area contributed by atoms with Crippen LogP contribution in [0.15, 0.2) is 76.3 Å². The van der Waals surface area contributed by atoms with E-state index in [0.717, 1.165) is 32.3 Å². The maximum absolute atomic E-state index is 12.3. The minimum Gasteiger partial charge on any atom is -0.314 e. The number of nitrogens with one attached hydrogen (secondary N) is 1. The summed E-state index contributed by atoms with van der Waals surface area (Å²) in [5, 5.41) is 7.68. The second kappa shape index (κ2) is 9.47. The Kier molecular flexibility index (Phi) is 6.52. The van der Waals surface area contributed by atoms with Crippen LogP contribution in [0.2, 0.25) is 5.02 Å². The number of fused-ring (bicyclic) bond motifs is 1. The SMILES string of the molecule is CC(=NNC(=O)CSc1nc2ccccc2n1Cc1ccc(Cl)cc1)c1cccs1. The topological polar surface area (TPSA) is 59.3 Å². The third kappa shape index (κ3) is 4.92. The smallest absolute Gasteiger partial charge is 0.250 e. The zero-order valence-electron chi connectivity index (χ0n) is 16.2. The molecule has 1 N–H and O–H groups in total. The number of carbonyl (C=O) groups is 1. The molecule has 0 atom stereocenters. The molecule has 0 saturated heterocycles. The van der Waals surface area contributed by atoms with Crippen molar-refractivity contribution in [3.8, 4) is 0 Å². The predicted molar refractivity (Wildman–Crippen MR) is 126 cm³/mol. The van der Waals surface area contributed by atoms with Crippen molar-refractivity contribution in [3.05, 3.63) is 81.5 Å². The molecule has 0 aliphatic heterocycles. The normalized spacial score (nSPS) is 11.7. The van der Waals surface area contributed by atoms with Gasteiger partial charge in [-0.15, -0.1) is 11.3 Å². The van der Waals surface area contributed by atoms with Gasteiger partial charge in [0.1, 0.15) is 0 Å². The van der Waals surface area contributed by atoms with Gasteiger partial charge >= 0.3 is 0 Å². The van der Waals surface area contributed by atoms with Crippen molar-refractivity contribution < 1.29 is 4.79 Å². The zero-order valence-corrected chi connectivity index (χ0v) is 18.6. The van der Waals surface area contributed by atoms with Crippen LogP contribution in [-0.4, -0.2) is 26.9 Å². The molecular formula is C22H19ClN4OS2. The molecule has 2 heterocycles. The third-order valence-electron chi connectivity index (χ3n) is 4.43. The van der Waals surface area contributed by atoms with Gasteiger partial charge in [0.25, 0.3) is 5.91 Å². The molecule has 4 rings (SSSR count). The van der Waals surface area contributed by atoms with Crippen LogP contribution >= 0.6 is 34.7 Å². The minimum absolute atomic E-state index is 0.166. The maximum atomic E-state index is 12.3. The van der Waals surface area contributed by atoms with Crippen LogP contribution in [0.3, 0.4) is 0 Å². The lowest BCUT2D eigenvalue weighted by atomic mass is 10.2. The zero-order chi connectivity index (χ0) is 20.9. The number of halogens is 1. The number of thioether (sulfide) groups is 1. The lowest BCUT2D eigenvalue weighted by Gasteiger charge is -2.09. The lowest BCUT2D eigenvalue weighted by molar-refractivity contribution is -0.118. The number of hydrazone groups is 1. The Bertz CT molecular complexity index is 1180. The Morgan fingerprint density at radius 3 is 2.73 bits per heavy atom. The highest BCUT2D eigenvalue weighted by molar-refractivity contribution is 7.99. The van der Waals surface area contributed by atoms with Crippen molar-refractivity contribution in [2.75, 3.05) is 5.75 Å². The monoisotopic (exact) mass is 454 g/mol. The molecule has 0 aliphatic rings. The highest BCUT2D eigenvalue weighted by atomic mass is 35.5. The van der Waals surface area contributed by atoms with Gasteiger partial charge in [0.05, 0.1) is 29.0 Å². The fourth-order valence-corrected chi connectivity index (χ4v) is 4.55. The number of aromatic nitrogens is 2. The minimum atomic E-state index is -0.166. The Morgan fingerprint density at radius 1 is 1.17 bits per heavy atom. The summed E-state index contributed by atoms with van der Waals surface area (Å²) < 4.78 is 2.12. The van der Waals surface area contributed by atoms with Crippen LogP contribution in [0.5, 0.6) is 0 Å². The van der Waals surface area contributed by atoms with Crippen molar-refractivity contribution in [1.82, 2.24) is 15.0 Å². The number of amides is 1. The molecule has 2 aromatic heterocycles. The van der Waals surface area contributed by atoms with Crippen molar-refractivity contribution in [3.63, 3.8) is 0 Å². The van der Waals surface area contributed by atoms with Crippen LogP contribution in [0.1, 0.15) is 17.4 Å². The second-order valence-corrected chi connectivity index (χ2v) is 8.92. The molecule has 0 saturated carbocycles. The van der Waals surface area contributed by atoms with Crippen LogP contribution in [0.25, 0.3) is 11.0 Å². The van der Waals surface area contributed by atoms with Crippen LogP contribution in [-0.2, 0) is 11.3 Å². The van der Waals surface area contributed by atoms with Gasteiger partial charge in [-0.3, -0.25) is 4.79 Å². The average Bonchev–Trinajstić information content (AvgIpc) is 3.41. The van der Waals surface area contributed by atoms with Crippen molar-refractivity contribution in [1.29, 1.82) is 0 Å². The van der Waals surface area contributed by atoms with Gasteiger partial charge in [0.2, 0.25) is 0 Å². The standard InChI is InChI=1S/C22H19ClN4OS2/c1-15(20-7-4-12-29-20)25-26-21(28)14-30-22-24-18-5-2-3-6-19(18)27(22)13-16-8-10-17(23)11-9-16/h2-12H,13-14H2,1H3,(H,26,28). The number of nitrogens with zero attached hydrogens (tertiary/aromatic N) is 3. The first-order valence-electron chi connectivity index (χ1n) is 9.29. The molecular weight excluding hydrogens is 436 g/mol. The van der Waals surface area contributed by atoms with Crippen LogP contribution < -0.4 is 5.43 Å². The quantitative estimate of drug-likeness (QED) is 0.230. The van der Waals surface area contributed by atoms with Crippen LogP contribution in [0.4, 0.5) is 0 Å². The fourth-order valence-electron chi connectivity index (χ4n) is 2.94. The van der Waals surface area contributed by atoms with Gasteiger partial charge in [-0.05, 0) is 48.2 Å². The van der Waals surface area contributed by atoms with E-state index in [1.807, 2.05) is 73.0 Å². The van der Waals surface area contributed by atoms with Crippen molar-refractivity contribution in [2.24, 2.45) is 5.10 Å². The highest BCUT2D eigenvalue weighted by Crippen LogP contribution is 2.25. The van der Waals surface area contributed by atoms with E-state index in [1.54, 1.807) is 11.3 Å². The van der Waals surface area contributed by atoms with Gasteiger partial charge < -0.3 is 4.57 Å². The number of carbonyl (C=O) groups excluding carboxylic acids is 1. The summed E-state index contributed by atoms with van der Waals surface area (Å²) in [6.45, 7) is 2.53. The van der Waals surface area contributed by atoms with Crippen molar-refractivity contribution >= 4 is 57.4 Å². The molecule has 1 amide bonds. The lowest BCUT2D eigenvalue weighted by Crippen LogP contribution is -2.21. The van der Waals surface area contributed by atoms with Crippen molar-refractivity contribution in [2.45, 2.75) is 18.6 Å². The first-order chi connectivity index (χ1) is 14.6. The van der Waals surface area contributed by atoms with E-state index >= 15 is 0 Å². The highest BCUT2D eigenvalue weighted by Gasteiger charge is 2.13. The molecule has 4 aromatic rings. The Balaban J connectivity index is 1.48. The molecule has 2 aromatic carbocycles. The summed E-state index contributed by atoms with van der Waals surface area (Å²) in [5.74, 6) is 0.0616. The second-order valence-electron chi connectivity index (χ2n) is 6.59. The van der Waals surface area contributed by atoms with Gasteiger partial charge in [0.15, 0.2) is 5.16 Å². The van der Waals surface area contributed by atoms with Gasteiger partial charge in [-0.25, -0.2) is 10.4 Å². The Hall–Kier alpha value is -2.61. The molecule has 0 bridgehead atoms. The largest absolute Gasteiger partial charge is 0.314 e. The number of rotatable bonds is 7. The van der Waals surface area contributed by atoms with E-state index < -0.39 is 0 Å². The number of imidazole rings is 1. The Morgan fingerprint density at radius 2 is 1.97 bits per heavy atom. The number of hydrogen-bond acceptors (Lipinski definition) is 5. The molecule has 0 aliphatic carbocycles. The molecule has 30 heavy (non-hydrogen) atoms. The van der Waals surface area contributed by atoms with Crippen LogP contribution in [0, 0.1) is 0 Å². The predicted octanol–water partition coefficient (Wildman–Crippen LogP) is 5.43. The first-order valence-corrected chi connectivity index (χ1v) is 11.5. The van der Waals surface area contributed by atoms with Gasteiger partial charge in [-0.1, -0.05) is 53.7 Å². The molecule has 0 spiro atoms. The van der Waals surface area contributed by atoms with E-state index in [9.17, 15) is 4.79 Å². The molecule has 0 unspecified atom stereocenters. The van der Waals surface area contributed by atoms with E-state index in [1.165, 1.54) is 11.8 Å². The summed E-state index contributed by atoms with van der Waals surface area (Å²) >= 11 is 9.00. The number of para-hydroxylation sites is 2. The summed E-state index contributed by atoms with van der Waals surface area (Å²) in [7, 11) is 0. The van der Waals surface area contributed by atoms with E-state index in [0.29, 0.717) is 11.6 Å². The first kappa shape index (κ1) is 20.7. The summed E-state index contributed by atoms with van der Waals surface area (Å²) in [5.41, 5.74) is 6.47. The fraction of sp³-hybridized carbons (Fsp3) is 0.136. The third-order valence-corrected chi connectivity index (χ3v) is 6.64. The van der Waals surface area contributed by atoms with E-state index in [4.69, 9.17) is 16.6 Å². The molecule has 152 valence electrons. The molecule has 8 heteroatoms.